The van der Waals surface area contributed by atoms with Gasteiger partial charge >= 0.3 is 6.18 Å². The van der Waals surface area contributed by atoms with Crippen molar-refractivity contribution in [1.82, 2.24) is 19.2 Å². The third-order valence-electron chi connectivity index (χ3n) is 6.82. The molecule has 1 atom stereocenters. The molecule has 0 spiro atoms. The van der Waals surface area contributed by atoms with Crippen molar-refractivity contribution in [3.05, 3.63) is 34.2 Å². The third kappa shape index (κ3) is 3.64. The normalized spacial score (nSPS) is 22.9. The van der Waals surface area contributed by atoms with Gasteiger partial charge in [-0.2, -0.15) is 13.2 Å². The van der Waals surface area contributed by atoms with E-state index in [4.69, 9.17) is 11.6 Å². The van der Waals surface area contributed by atoms with Crippen molar-refractivity contribution in [3.8, 4) is 0 Å². The molecule has 3 fully saturated rings. The number of imidazole rings is 1. The first-order valence-corrected chi connectivity index (χ1v) is 11.4. The van der Waals surface area contributed by atoms with Gasteiger partial charge in [-0.25, -0.2) is 4.98 Å². The van der Waals surface area contributed by atoms with Crippen LogP contribution in [-0.4, -0.2) is 56.2 Å². The Bertz CT molecular complexity index is 1090. The summed E-state index contributed by atoms with van der Waals surface area (Å²) in [4.78, 5) is 33.3. The number of amides is 2. The van der Waals surface area contributed by atoms with Gasteiger partial charge in [0.1, 0.15) is 11.7 Å². The van der Waals surface area contributed by atoms with Gasteiger partial charge in [-0.05, 0) is 50.2 Å². The number of carbonyl (C=O) groups excluding carboxylic acids is 2. The molecule has 0 bridgehead atoms. The number of nitrogens with zero attached hydrogens (tertiary/aromatic N) is 4. The van der Waals surface area contributed by atoms with E-state index in [1.165, 1.54) is 4.90 Å². The van der Waals surface area contributed by atoms with Crippen LogP contribution in [0.2, 0.25) is 5.15 Å². The largest absolute Gasteiger partial charge is 0.419 e. The molecule has 5 rings (SSSR count). The molecule has 2 aromatic rings. The summed E-state index contributed by atoms with van der Waals surface area (Å²) in [7, 11) is 0. The lowest BCUT2D eigenvalue weighted by Crippen LogP contribution is -2.59. The Balaban J connectivity index is 1.47. The molecule has 2 aromatic heterocycles. The SMILES string of the molecule is CC1CN(C(=O)c2nc3c(C(F)(F)F)cc(C4CC4)cn3c2Cl)CC(=O)N1C1CCCC1. The van der Waals surface area contributed by atoms with Gasteiger partial charge in [-0.1, -0.05) is 24.4 Å². The molecule has 1 aliphatic heterocycles. The minimum atomic E-state index is -4.63. The topological polar surface area (TPSA) is 57.9 Å². The van der Waals surface area contributed by atoms with Gasteiger partial charge in [0.05, 0.1) is 5.56 Å². The van der Waals surface area contributed by atoms with Crippen molar-refractivity contribution in [1.29, 1.82) is 0 Å². The van der Waals surface area contributed by atoms with Crippen molar-refractivity contribution in [3.63, 3.8) is 0 Å². The molecular weight excluding hydrogens is 445 g/mol. The first-order valence-electron chi connectivity index (χ1n) is 11.0. The standard InChI is InChI=1S/C22H24ClF3N4O2/c1-12-9-28(11-17(31)30(12)15-4-2-3-5-15)21(32)18-19(23)29-10-14(13-6-7-13)8-16(20(29)27-18)22(24,25)26/h8,10,12-13,15H,2-7,9,11H2,1H3. The fourth-order valence-electron chi connectivity index (χ4n) is 5.14. The Labute approximate surface area is 188 Å². The van der Waals surface area contributed by atoms with Crippen molar-refractivity contribution >= 4 is 29.1 Å². The maximum absolute atomic E-state index is 13.7. The Morgan fingerprint density at radius 1 is 1.19 bits per heavy atom. The lowest BCUT2D eigenvalue weighted by atomic mass is 10.1. The van der Waals surface area contributed by atoms with Crippen LogP contribution in [0.1, 0.15) is 73.0 Å². The Morgan fingerprint density at radius 3 is 2.47 bits per heavy atom. The second-order valence-corrected chi connectivity index (χ2v) is 9.54. The second-order valence-electron chi connectivity index (χ2n) is 9.18. The van der Waals surface area contributed by atoms with Crippen LogP contribution in [0.15, 0.2) is 12.3 Å². The van der Waals surface area contributed by atoms with E-state index in [1.807, 2.05) is 11.8 Å². The van der Waals surface area contributed by atoms with E-state index in [-0.39, 0.29) is 46.9 Å². The number of pyridine rings is 1. The highest BCUT2D eigenvalue weighted by molar-refractivity contribution is 6.33. The van der Waals surface area contributed by atoms with Gasteiger partial charge in [-0.3, -0.25) is 14.0 Å². The van der Waals surface area contributed by atoms with Crippen molar-refractivity contribution in [2.45, 2.75) is 69.6 Å². The van der Waals surface area contributed by atoms with Gasteiger partial charge in [0.15, 0.2) is 11.3 Å². The fourth-order valence-corrected chi connectivity index (χ4v) is 5.39. The van der Waals surface area contributed by atoms with E-state index in [1.54, 1.807) is 6.20 Å². The average Bonchev–Trinajstić information content (AvgIpc) is 3.34. The lowest BCUT2D eigenvalue weighted by molar-refractivity contribution is -0.141. The summed E-state index contributed by atoms with van der Waals surface area (Å²) in [5, 5.41) is -0.156. The van der Waals surface area contributed by atoms with Crippen LogP contribution in [0.25, 0.3) is 5.65 Å². The van der Waals surface area contributed by atoms with Crippen LogP contribution in [0, 0.1) is 0 Å². The number of fused-ring (bicyclic) bond motifs is 1. The molecule has 172 valence electrons. The Morgan fingerprint density at radius 2 is 1.88 bits per heavy atom. The molecule has 0 aromatic carbocycles. The average molecular weight is 469 g/mol. The first-order chi connectivity index (χ1) is 15.1. The van der Waals surface area contributed by atoms with E-state index in [9.17, 15) is 22.8 Å². The molecule has 2 saturated carbocycles. The molecule has 1 saturated heterocycles. The van der Waals surface area contributed by atoms with Gasteiger partial charge in [-0.15, -0.1) is 0 Å². The molecule has 3 heterocycles. The van der Waals surface area contributed by atoms with E-state index < -0.39 is 17.6 Å². The first kappa shape index (κ1) is 21.6. The number of aromatic nitrogens is 2. The highest BCUT2D eigenvalue weighted by Crippen LogP contribution is 2.43. The Kier molecular flexibility index (Phi) is 5.15. The number of alkyl halides is 3. The van der Waals surface area contributed by atoms with Gasteiger partial charge in [0, 0.05) is 24.8 Å². The van der Waals surface area contributed by atoms with E-state index in [0.717, 1.165) is 49.0 Å². The number of hydrogen-bond donors (Lipinski definition) is 0. The lowest BCUT2D eigenvalue weighted by Gasteiger charge is -2.42. The smallest absolute Gasteiger partial charge is 0.334 e. The molecule has 2 amide bonds. The quantitative estimate of drug-likeness (QED) is 0.666. The van der Waals surface area contributed by atoms with Crippen LogP contribution in [0.3, 0.4) is 0 Å². The van der Waals surface area contributed by atoms with E-state index in [2.05, 4.69) is 4.98 Å². The summed E-state index contributed by atoms with van der Waals surface area (Å²) in [5.74, 6) is -0.692. The molecule has 0 radical (unpaired) electrons. The Hall–Kier alpha value is -2.29. The predicted molar refractivity (Wildman–Crippen MR) is 112 cm³/mol. The van der Waals surface area contributed by atoms with Crippen LogP contribution < -0.4 is 0 Å². The zero-order chi connectivity index (χ0) is 22.8. The summed E-state index contributed by atoms with van der Waals surface area (Å²) in [5.41, 5.74) is -1.01. The molecule has 3 aliphatic rings. The zero-order valence-electron chi connectivity index (χ0n) is 17.7. The van der Waals surface area contributed by atoms with E-state index in [0.29, 0.717) is 12.1 Å². The summed E-state index contributed by atoms with van der Waals surface area (Å²) in [6.07, 6.45) is 2.67. The second kappa shape index (κ2) is 7.64. The van der Waals surface area contributed by atoms with Gasteiger partial charge in [0.2, 0.25) is 5.91 Å². The zero-order valence-corrected chi connectivity index (χ0v) is 18.4. The van der Waals surface area contributed by atoms with Gasteiger partial charge in [0.25, 0.3) is 5.91 Å². The van der Waals surface area contributed by atoms with Gasteiger partial charge < -0.3 is 9.80 Å². The summed E-state index contributed by atoms with van der Waals surface area (Å²) in [6, 6.07) is 1.13. The number of halogens is 4. The van der Waals surface area contributed by atoms with Crippen molar-refractivity contribution in [2.75, 3.05) is 13.1 Å². The minimum Gasteiger partial charge on any atom is -0.334 e. The molecule has 0 N–H and O–H groups in total. The predicted octanol–water partition coefficient (Wildman–Crippen LogP) is 4.50. The van der Waals surface area contributed by atoms with Crippen LogP contribution in [0.5, 0.6) is 0 Å². The maximum atomic E-state index is 13.7. The highest BCUT2D eigenvalue weighted by Gasteiger charge is 2.40. The van der Waals surface area contributed by atoms with Crippen molar-refractivity contribution < 1.29 is 22.8 Å². The molecular formula is C22H24ClF3N4O2. The molecule has 32 heavy (non-hydrogen) atoms. The van der Waals surface area contributed by atoms with Crippen molar-refractivity contribution in [2.24, 2.45) is 0 Å². The van der Waals surface area contributed by atoms with Crippen LogP contribution >= 0.6 is 11.6 Å². The molecule has 2 aliphatic carbocycles. The third-order valence-corrected chi connectivity index (χ3v) is 7.18. The summed E-state index contributed by atoms with van der Waals surface area (Å²) < 4.78 is 42.3. The molecule has 6 nitrogen and oxygen atoms in total. The van der Waals surface area contributed by atoms with Crippen LogP contribution in [0.4, 0.5) is 13.2 Å². The summed E-state index contributed by atoms with van der Waals surface area (Å²) >= 11 is 6.39. The number of rotatable bonds is 3. The number of hydrogen-bond acceptors (Lipinski definition) is 3. The minimum absolute atomic E-state index is 0.0697. The number of carbonyl (C=O) groups is 2. The maximum Gasteiger partial charge on any atom is 0.419 e. The summed E-state index contributed by atoms with van der Waals surface area (Å²) in [6.45, 7) is 2.07. The van der Waals surface area contributed by atoms with E-state index >= 15 is 0 Å². The van der Waals surface area contributed by atoms with Crippen LogP contribution in [-0.2, 0) is 11.0 Å². The monoisotopic (exact) mass is 468 g/mol. The fraction of sp³-hybridized carbons (Fsp3) is 0.591. The molecule has 10 heteroatoms. The highest BCUT2D eigenvalue weighted by atomic mass is 35.5. The molecule has 1 unspecified atom stereocenters. The number of piperazine rings is 1.